The first-order valence-corrected chi connectivity index (χ1v) is 11.7. The Kier molecular flexibility index (Phi) is 6.17. The van der Waals surface area contributed by atoms with Crippen LogP contribution in [-0.2, 0) is 19.6 Å². The molecule has 2 fully saturated rings. The number of benzene rings is 1. The summed E-state index contributed by atoms with van der Waals surface area (Å²) in [6, 6.07) is 5.38. The predicted molar refractivity (Wildman–Crippen MR) is 110 cm³/mol. The van der Waals surface area contributed by atoms with Crippen LogP contribution in [0, 0.1) is 19.3 Å². The minimum Gasteiger partial charge on any atom is -0.315 e. The van der Waals surface area contributed by atoms with Gasteiger partial charge in [-0.25, -0.2) is 13.3 Å². The van der Waals surface area contributed by atoms with Crippen LogP contribution in [0.15, 0.2) is 23.1 Å². The number of carbonyl (C=O) groups is 2. The summed E-state index contributed by atoms with van der Waals surface area (Å²) in [7, 11) is -3.53. The number of rotatable bonds is 5. The number of hydrogen-bond donors (Lipinski definition) is 1. The zero-order valence-electron chi connectivity index (χ0n) is 17.8. The summed E-state index contributed by atoms with van der Waals surface area (Å²) in [5.74, 6) is -0.216. The van der Waals surface area contributed by atoms with Gasteiger partial charge in [0.15, 0.2) is 6.67 Å². The van der Waals surface area contributed by atoms with E-state index in [0.717, 1.165) is 22.4 Å². The molecule has 7 nitrogen and oxygen atoms in total. The van der Waals surface area contributed by atoms with Crippen LogP contribution in [0.1, 0.15) is 44.2 Å². The average Bonchev–Trinajstić information content (AvgIpc) is 2.65. The highest BCUT2D eigenvalue weighted by Gasteiger charge is 2.41. The SMILES string of the molecule is CCC1(C)CC(=O)N(C[NH+]2CCN(S(=O)(=O)c3ccc(C)cc3C)CC2)C(=O)C1. The Balaban J connectivity index is 1.62. The highest BCUT2D eigenvalue weighted by Crippen LogP contribution is 2.35. The first-order valence-electron chi connectivity index (χ1n) is 10.3. The Bertz CT molecular complexity index is 887. The molecule has 0 spiro atoms. The van der Waals surface area contributed by atoms with E-state index in [1.165, 1.54) is 9.21 Å². The van der Waals surface area contributed by atoms with Gasteiger partial charge in [0, 0.05) is 12.8 Å². The summed E-state index contributed by atoms with van der Waals surface area (Å²) < 4.78 is 27.6. The molecule has 2 heterocycles. The van der Waals surface area contributed by atoms with Crippen molar-refractivity contribution in [1.29, 1.82) is 0 Å². The van der Waals surface area contributed by atoms with Crippen LogP contribution in [0.2, 0.25) is 0 Å². The van der Waals surface area contributed by atoms with Gasteiger partial charge >= 0.3 is 0 Å². The van der Waals surface area contributed by atoms with Gasteiger partial charge < -0.3 is 4.90 Å². The summed E-state index contributed by atoms with van der Waals surface area (Å²) in [5, 5.41) is 0. The third kappa shape index (κ3) is 4.54. The van der Waals surface area contributed by atoms with E-state index in [2.05, 4.69) is 0 Å². The van der Waals surface area contributed by atoms with Gasteiger partial charge in [-0.1, -0.05) is 31.5 Å². The van der Waals surface area contributed by atoms with Crippen molar-refractivity contribution in [2.75, 3.05) is 32.8 Å². The number of quaternary nitrogens is 1. The van der Waals surface area contributed by atoms with Crippen LogP contribution >= 0.6 is 0 Å². The van der Waals surface area contributed by atoms with Gasteiger partial charge in [-0.05, 0) is 37.3 Å². The van der Waals surface area contributed by atoms with Crippen molar-refractivity contribution in [3.05, 3.63) is 29.3 Å². The second kappa shape index (κ2) is 8.16. The number of sulfonamides is 1. The summed E-state index contributed by atoms with van der Waals surface area (Å²) in [4.78, 5) is 27.8. The third-order valence-corrected chi connectivity index (χ3v) is 8.43. The van der Waals surface area contributed by atoms with Gasteiger partial charge in [0.05, 0.1) is 31.1 Å². The predicted octanol–water partition coefficient (Wildman–Crippen LogP) is 0.715. The maximum atomic E-state index is 13.0. The fourth-order valence-electron chi connectivity index (χ4n) is 4.20. The highest BCUT2D eigenvalue weighted by molar-refractivity contribution is 7.89. The Morgan fingerprint density at radius 2 is 1.66 bits per heavy atom. The van der Waals surface area contributed by atoms with E-state index in [1.54, 1.807) is 6.07 Å². The lowest BCUT2D eigenvalue weighted by Gasteiger charge is -2.39. The smallest absolute Gasteiger partial charge is 0.243 e. The largest absolute Gasteiger partial charge is 0.315 e. The number of piperidine rings is 1. The molecular weight excluding hydrogens is 390 g/mol. The fourth-order valence-corrected chi connectivity index (χ4v) is 5.85. The summed E-state index contributed by atoms with van der Waals surface area (Å²) in [6.07, 6.45) is 1.60. The topological polar surface area (TPSA) is 79.2 Å². The summed E-state index contributed by atoms with van der Waals surface area (Å²) >= 11 is 0. The second-order valence-corrected chi connectivity index (χ2v) is 10.7. The van der Waals surface area contributed by atoms with Crippen LogP contribution < -0.4 is 4.90 Å². The van der Waals surface area contributed by atoms with Gasteiger partial charge in [-0.3, -0.25) is 9.59 Å². The molecule has 0 atom stereocenters. The van der Waals surface area contributed by atoms with Crippen molar-refractivity contribution in [1.82, 2.24) is 9.21 Å². The van der Waals surface area contributed by atoms with Crippen molar-refractivity contribution in [2.45, 2.75) is 51.9 Å². The van der Waals surface area contributed by atoms with Gasteiger partial charge in [0.1, 0.15) is 0 Å². The van der Waals surface area contributed by atoms with Crippen LogP contribution in [0.25, 0.3) is 0 Å². The van der Waals surface area contributed by atoms with E-state index in [9.17, 15) is 18.0 Å². The van der Waals surface area contributed by atoms with E-state index >= 15 is 0 Å². The minimum absolute atomic E-state index is 0.108. The van der Waals surface area contributed by atoms with E-state index in [0.29, 0.717) is 50.6 Å². The highest BCUT2D eigenvalue weighted by atomic mass is 32.2. The molecule has 0 saturated carbocycles. The first kappa shape index (κ1) is 21.9. The van der Waals surface area contributed by atoms with E-state index < -0.39 is 10.0 Å². The Morgan fingerprint density at radius 1 is 1.07 bits per heavy atom. The van der Waals surface area contributed by atoms with Gasteiger partial charge in [-0.15, -0.1) is 0 Å². The van der Waals surface area contributed by atoms with Gasteiger partial charge in [-0.2, -0.15) is 4.31 Å². The number of aryl methyl sites for hydroxylation is 2. The molecule has 1 N–H and O–H groups in total. The van der Waals surface area contributed by atoms with Crippen molar-refractivity contribution >= 4 is 21.8 Å². The molecule has 0 aliphatic carbocycles. The van der Waals surface area contributed by atoms with Crippen molar-refractivity contribution in [3.63, 3.8) is 0 Å². The number of amides is 2. The van der Waals surface area contributed by atoms with Gasteiger partial charge in [0.2, 0.25) is 21.8 Å². The molecule has 0 bridgehead atoms. The molecule has 3 rings (SSSR count). The first-order chi connectivity index (χ1) is 13.6. The minimum atomic E-state index is -3.53. The summed E-state index contributed by atoms with van der Waals surface area (Å²) in [6.45, 7) is 10.0. The molecule has 8 heteroatoms. The summed E-state index contributed by atoms with van der Waals surface area (Å²) in [5.41, 5.74) is 1.55. The number of carbonyl (C=O) groups excluding carboxylic acids is 2. The van der Waals surface area contributed by atoms with Crippen molar-refractivity contribution < 1.29 is 22.9 Å². The van der Waals surface area contributed by atoms with Crippen LogP contribution in [0.4, 0.5) is 0 Å². The van der Waals surface area contributed by atoms with E-state index in [1.807, 2.05) is 39.8 Å². The van der Waals surface area contributed by atoms with Crippen LogP contribution in [0.5, 0.6) is 0 Å². The lowest BCUT2D eigenvalue weighted by Crippen LogP contribution is -3.16. The quantitative estimate of drug-likeness (QED) is 0.709. The Morgan fingerprint density at radius 3 is 2.17 bits per heavy atom. The Hall–Kier alpha value is -1.77. The number of nitrogens with zero attached hydrogens (tertiary/aromatic N) is 2. The molecular formula is C21H32N3O4S+. The maximum Gasteiger partial charge on any atom is 0.243 e. The molecule has 160 valence electrons. The number of nitrogens with one attached hydrogen (secondary N) is 1. The molecule has 2 amide bonds. The van der Waals surface area contributed by atoms with Crippen LogP contribution in [-0.4, -0.2) is 62.3 Å². The normalized spacial score (nSPS) is 21.6. The molecule has 0 radical (unpaired) electrons. The average molecular weight is 423 g/mol. The van der Waals surface area contributed by atoms with Gasteiger partial charge in [0.25, 0.3) is 0 Å². The fraction of sp³-hybridized carbons (Fsp3) is 0.619. The van der Waals surface area contributed by atoms with E-state index in [4.69, 9.17) is 0 Å². The molecule has 0 unspecified atom stereocenters. The van der Waals surface area contributed by atoms with Crippen molar-refractivity contribution in [2.24, 2.45) is 5.41 Å². The van der Waals surface area contributed by atoms with E-state index in [-0.39, 0.29) is 17.2 Å². The van der Waals surface area contributed by atoms with Crippen LogP contribution in [0.3, 0.4) is 0 Å². The second-order valence-electron chi connectivity index (χ2n) is 8.81. The molecule has 2 saturated heterocycles. The van der Waals surface area contributed by atoms with Crippen molar-refractivity contribution in [3.8, 4) is 0 Å². The zero-order chi connectivity index (χ0) is 21.4. The molecule has 1 aromatic rings. The molecule has 2 aliphatic heterocycles. The third-order valence-electron chi connectivity index (χ3n) is 6.37. The molecule has 0 aromatic heterocycles. The number of likely N-dealkylation sites (tertiary alicyclic amines) is 1. The molecule has 2 aliphatic rings. The lowest BCUT2D eigenvalue weighted by atomic mass is 9.77. The number of hydrogen-bond acceptors (Lipinski definition) is 4. The zero-order valence-corrected chi connectivity index (χ0v) is 18.6. The monoisotopic (exact) mass is 422 g/mol. The number of piperazine rings is 1. The molecule has 1 aromatic carbocycles. The standard InChI is InChI=1S/C21H31N3O4S/c1-5-21(4)13-19(25)24(20(26)14-21)15-22-8-10-23(11-9-22)29(27,28)18-7-6-16(2)12-17(18)3/h6-7,12H,5,8-11,13-15H2,1-4H3/p+1. The number of imide groups is 1. The maximum absolute atomic E-state index is 13.0. The Labute approximate surface area is 173 Å². The lowest BCUT2D eigenvalue weighted by molar-refractivity contribution is -0.911. The molecule has 29 heavy (non-hydrogen) atoms.